The van der Waals surface area contributed by atoms with Gasteiger partial charge in [0.15, 0.2) is 9.84 Å². The van der Waals surface area contributed by atoms with Crippen molar-refractivity contribution in [2.24, 2.45) is 0 Å². The minimum atomic E-state index is -4.87. The molecule has 0 unspecified atom stereocenters. The minimum absolute atomic E-state index is 0.0290. The van der Waals surface area contributed by atoms with Crippen molar-refractivity contribution in [1.82, 2.24) is 0 Å². The fourth-order valence-electron chi connectivity index (χ4n) is 3.10. The highest BCUT2D eigenvalue weighted by Gasteiger charge is 2.32. The van der Waals surface area contributed by atoms with Gasteiger partial charge in [0.05, 0.1) is 27.8 Å². The standard InChI is InChI=1S/C23H19ClF3NO4S/c1-2-33(30,31)16-12-10-15(11-13-16)14-21(29)28-19-8-5-7-18(22(19)24)17-6-3-4-9-20(17)32-23(25,26)27/h3-13H,2,14H2,1H3,(H,28,29). The second-order valence-electron chi connectivity index (χ2n) is 6.98. The van der Waals surface area contributed by atoms with Gasteiger partial charge in [0.25, 0.3) is 0 Å². The van der Waals surface area contributed by atoms with E-state index in [9.17, 15) is 26.4 Å². The zero-order chi connectivity index (χ0) is 24.2. The van der Waals surface area contributed by atoms with Crippen LogP contribution in [0.5, 0.6) is 5.75 Å². The van der Waals surface area contributed by atoms with E-state index in [0.717, 1.165) is 0 Å². The second-order valence-corrected chi connectivity index (χ2v) is 9.64. The summed E-state index contributed by atoms with van der Waals surface area (Å²) in [6.45, 7) is 1.54. The molecule has 0 spiro atoms. The SMILES string of the molecule is CCS(=O)(=O)c1ccc(CC(=O)Nc2cccc(-c3ccccc3OC(F)(F)F)c2Cl)cc1. The van der Waals surface area contributed by atoms with Gasteiger partial charge in [0.1, 0.15) is 5.75 Å². The van der Waals surface area contributed by atoms with Crippen molar-refractivity contribution in [2.45, 2.75) is 24.6 Å². The number of amides is 1. The van der Waals surface area contributed by atoms with Crippen LogP contribution >= 0.6 is 11.6 Å². The number of benzene rings is 3. The first kappa shape index (κ1) is 24.6. The Hall–Kier alpha value is -3.04. The van der Waals surface area contributed by atoms with Crippen molar-refractivity contribution < 1.29 is 31.1 Å². The Bertz CT molecular complexity index is 1260. The number of halogens is 4. The third-order valence-electron chi connectivity index (χ3n) is 4.70. The van der Waals surface area contributed by atoms with E-state index >= 15 is 0 Å². The molecule has 0 fully saturated rings. The van der Waals surface area contributed by atoms with Crippen molar-refractivity contribution in [1.29, 1.82) is 0 Å². The Kier molecular flexibility index (Phi) is 7.34. The zero-order valence-electron chi connectivity index (χ0n) is 17.3. The van der Waals surface area contributed by atoms with Crippen molar-refractivity contribution in [3.8, 4) is 16.9 Å². The highest BCUT2D eigenvalue weighted by Crippen LogP contribution is 2.40. The van der Waals surface area contributed by atoms with Crippen LogP contribution in [0.25, 0.3) is 11.1 Å². The molecular weight excluding hydrogens is 479 g/mol. The molecule has 33 heavy (non-hydrogen) atoms. The van der Waals surface area contributed by atoms with Crippen molar-refractivity contribution >= 4 is 33.0 Å². The molecule has 0 aliphatic rings. The van der Waals surface area contributed by atoms with Crippen molar-refractivity contribution in [3.63, 3.8) is 0 Å². The van der Waals surface area contributed by atoms with Crippen LogP contribution in [0, 0.1) is 0 Å². The van der Waals surface area contributed by atoms with Gasteiger partial charge in [-0.15, -0.1) is 13.2 Å². The summed E-state index contributed by atoms with van der Waals surface area (Å²) in [6, 6.07) is 16.1. The average molecular weight is 498 g/mol. The van der Waals surface area contributed by atoms with E-state index in [1.807, 2.05) is 0 Å². The van der Waals surface area contributed by atoms with Crippen LogP contribution in [0.4, 0.5) is 18.9 Å². The Labute approximate surface area is 194 Å². The lowest BCUT2D eigenvalue weighted by atomic mass is 10.0. The third-order valence-corrected chi connectivity index (χ3v) is 6.86. The number of carbonyl (C=O) groups is 1. The number of carbonyl (C=O) groups excluding carboxylic acids is 1. The molecule has 1 amide bonds. The van der Waals surface area contributed by atoms with Gasteiger partial charge in [-0.2, -0.15) is 0 Å². The maximum atomic E-state index is 12.8. The molecule has 3 aromatic rings. The largest absolute Gasteiger partial charge is 0.573 e. The van der Waals surface area contributed by atoms with Gasteiger partial charge in [-0.25, -0.2) is 8.42 Å². The smallest absolute Gasteiger partial charge is 0.405 e. The molecule has 0 atom stereocenters. The van der Waals surface area contributed by atoms with E-state index in [-0.39, 0.29) is 38.9 Å². The second kappa shape index (κ2) is 9.84. The van der Waals surface area contributed by atoms with Crippen LogP contribution in [0.3, 0.4) is 0 Å². The Morgan fingerprint density at radius 3 is 2.24 bits per heavy atom. The predicted molar refractivity (Wildman–Crippen MR) is 120 cm³/mol. The first-order valence-corrected chi connectivity index (χ1v) is 11.8. The van der Waals surface area contributed by atoms with Gasteiger partial charge in [0.2, 0.25) is 5.91 Å². The Morgan fingerprint density at radius 2 is 1.61 bits per heavy atom. The molecule has 174 valence electrons. The number of hydrogen-bond donors (Lipinski definition) is 1. The number of nitrogens with one attached hydrogen (secondary N) is 1. The van der Waals surface area contributed by atoms with Gasteiger partial charge in [0, 0.05) is 11.1 Å². The Morgan fingerprint density at radius 1 is 0.970 bits per heavy atom. The van der Waals surface area contributed by atoms with Crippen LogP contribution in [0.15, 0.2) is 71.6 Å². The van der Waals surface area contributed by atoms with E-state index < -0.39 is 27.9 Å². The van der Waals surface area contributed by atoms with Gasteiger partial charge >= 0.3 is 6.36 Å². The maximum Gasteiger partial charge on any atom is 0.573 e. The minimum Gasteiger partial charge on any atom is -0.405 e. The molecule has 0 aromatic heterocycles. The molecule has 0 heterocycles. The van der Waals surface area contributed by atoms with E-state index in [0.29, 0.717) is 5.56 Å². The van der Waals surface area contributed by atoms with Crippen LogP contribution in [0.2, 0.25) is 5.02 Å². The number of para-hydroxylation sites is 1. The van der Waals surface area contributed by atoms with E-state index in [1.165, 1.54) is 42.5 Å². The molecule has 10 heteroatoms. The van der Waals surface area contributed by atoms with E-state index in [4.69, 9.17) is 11.6 Å². The van der Waals surface area contributed by atoms with E-state index in [1.54, 1.807) is 31.2 Å². The van der Waals surface area contributed by atoms with Crippen LogP contribution < -0.4 is 10.1 Å². The Balaban J connectivity index is 1.80. The van der Waals surface area contributed by atoms with Crippen LogP contribution in [-0.2, 0) is 21.1 Å². The summed E-state index contributed by atoms with van der Waals surface area (Å²) in [5, 5.41) is 2.69. The molecule has 3 aromatic carbocycles. The first-order chi connectivity index (χ1) is 15.5. The first-order valence-electron chi connectivity index (χ1n) is 9.75. The van der Waals surface area contributed by atoms with Gasteiger partial charge in [-0.3, -0.25) is 4.79 Å². The summed E-state index contributed by atoms with van der Waals surface area (Å²) in [7, 11) is -3.34. The molecule has 0 radical (unpaired) electrons. The monoisotopic (exact) mass is 497 g/mol. The fraction of sp³-hybridized carbons (Fsp3) is 0.174. The lowest BCUT2D eigenvalue weighted by Crippen LogP contribution is -2.17. The van der Waals surface area contributed by atoms with Crippen molar-refractivity contribution in [3.05, 3.63) is 77.3 Å². The topological polar surface area (TPSA) is 72.5 Å². The predicted octanol–water partition coefficient (Wildman–Crippen LogP) is 5.88. The summed E-state index contributed by atoms with van der Waals surface area (Å²) in [5.41, 5.74) is 1.16. The van der Waals surface area contributed by atoms with Gasteiger partial charge < -0.3 is 10.1 Å². The summed E-state index contributed by atoms with van der Waals surface area (Å²) in [5.74, 6) is -0.879. The maximum absolute atomic E-state index is 12.8. The molecule has 5 nitrogen and oxygen atoms in total. The molecule has 0 saturated heterocycles. The molecule has 3 rings (SSSR count). The fourth-order valence-corrected chi connectivity index (χ4v) is 4.26. The lowest BCUT2D eigenvalue weighted by Gasteiger charge is -2.16. The van der Waals surface area contributed by atoms with E-state index in [2.05, 4.69) is 10.1 Å². The number of sulfone groups is 1. The number of ether oxygens (including phenoxy) is 1. The molecule has 0 aliphatic heterocycles. The lowest BCUT2D eigenvalue weighted by molar-refractivity contribution is -0.274. The van der Waals surface area contributed by atoms with Gasteiger partial charge in [-0.05, 0) is 29.8 Å². The number of hydrogen-bond acceptors (Lipinski definition) is 4. The third kappa shape index (κ3) is 6.27. The summed E-state index contributed by atoms with van der Waals surface area (Å²) in [4.78, 5) is 12.7. The highest BCUT2D eigenvalue weighted by molar-refractivity contribution is 7.91. The van der Waals surface area contributed by atoms with Crippen molar-refractivity contribution in [2.75, 3.05) is 11.1 Å². The average Bonchev–Trinajstić information content (AvgIpc) is 2.75. The molecule has 0 bridgehead atoms. The molecular formula is C23H19ClF3NO4S. The molecule has 0 saturated carbocycles. The number of alkyl halides is 3. The molecule has 1 N–H and O–H groups in total. The highest BCUT2D eigenvalue weighted by atomic mass is 35.5. The summed E-state index contributed by atoms with van der Waals surface area (Å²) >= 11 is 6.40. The van der Waals surface area contributed by atoms with Crippen LogP contribution in [0.1, 0.15) is 12.5 Å². The van der Waals surface area contributed by atoms with Crippen LogP contribution in [-0.4, -0.2) is 26.4 Å². The zero-order valence-corrected chi connectivity index (χ0v) is 18.9. The molecule has 0 aliphatic carbocycles. The summed E-state index contributed by atoms with van der Waals surface area (Å²) < 4.78 is 66.2. The number of rotatable bonds is 7. The number of anilines is 1. The van der Waals surface area contributed by atoms with Gasteiger partial charge in [-0.1, -0.05) is 61.0 Å². The quantitative estimate of drug-likeness (QED) is 0.442. The normalized spacial score (nSPS) is 11.8. The summed E-state index contributed by atoms with van der Waals surface area (Å²) in [6.07, 6.45) is -4.93.